The van der Waals surface area contributed by atoms with Gasteiger partial charge < -0.3 is 15.2 Å². The van der Waals surface area contributed by atoms with E-state index >= 15 is 0 Å². The second-order valence-electron chi connectivity index (χ2n) is 8.31. The first-order chi connectivity index (χ1) is 13.8. The van der Waals surface area contributed by atoms with Gasteiger partial charge in [0.25, 0.3) is 0 Å². The van der Waals surface area contributed by atoms with Crippen LogP contribution in [0.4, 0.5) is 0 Å². The summed E-state index contributed by atoms with van der Waals surface area (Å²) in [4.78, 5) is 0. The van der Waals surface area contributed by atoms with Crippen LogP contribution in [-0.2, 0) is 11.2 Å². The topological polar surface area (TPSA) is 41.5 Å². The Labute approximate surface area is 190 Å². The van der Waals surface area contributed by atoms with Crippen molar-refractivity contribution in [1.29, 1.82) is 0 Å². The molecule has 3 aromatic carbocycles. The minimum atomic E-state index is -0.576. The summed E-state index contributed by atoms with van der Waals surface area (Å²) in [5, 5.41) is 17.0. The van der Waals surface area contributed by atoms with Crippen molar-refractivity contribution in [1.82, 2.24) is 5.32 Å². The van der Waals surface area contributed by atoms with Crippen molar-refractivity contribution < 1.29 is 9.84 Å². The summed E-state index contributed by atoms with van der Waals surface area (Å²) in [7, 11) is 0. The lowest BCUT2D eigenvalue weighted by molar-refractivity contribution is -0.00417. The van der Waals surface area contributed by atoms with Gasteiger partial charge in [0.2, 0.25) is 0 Å². The smallest absolute Gasteiger partial charge is 0.0898 e. The maximum absolute atomic E-state index is 10.4. The Balaban J connectivity index is 0.00000320. The highest BCUT2D eigenvalue weighted by Crippen LogP contribution is 2.21. The largest absolute Gasteiger partial charge is 0.389 e. The van der Waals surface area contributed by atoms with E-state index in [-0.39, 0.29) is 30.7 Å². The number of aliphatic hydroxyl groups excluding tert-OH is 1. The Kier molecular flexibility index (Phi) is 9.14. The van der Waals surface area contributed by atoms with Crippen LogP contribution in [0.3, 0.4) is 0 Å². The molecule has 2 N–H and O–H groups in total. The number of halogens is 2. The van der Waals surface area contributed by atoms with Crippen LogP contribution in [0.25, 0.3) is 10.8 Å². The van der Waals surface area contributed by atoms with Crippen LogP contribution < -0.4 is 5.32 Å². The van der Waals surface area contributed by atoms with Crippen molar-refractivity contribution in [2.45, 2.75) is 44.9 Å². The highest BCUT2D eigenvalue weighted by molar-refractivity contribution is 6.30. The predicted molar refractivity (Wildman–Crippen MR) is 129 cm³/mol. The van der Waals surface area contributed by atoms with Gasteiger partial charge in [-0.15, -0.1) is 12.4 Å². The minimum absolute atomic E-state index is 0. The van der Waals surface area contributed by atoms with Gasteiger partial charge in [0.1, 0.15) is 0 Å². The number of benzene rings is 3. The lowest BCUT2D eigenvalue weighted by Gasteiger charge is -2.28. The van der Waals surface area contributed by atoms with E-state index < -0.39 is 6.10 Å². The van der Waals surface area contributed by atoms with Crippen LogP contribution >= 0.6 is 24.0 Å². The summed E-state index contributed by atoms with van der Waals surface area (Å²) in [5.41, 5.74) is 2.15. The molecule has 3 rings (SSSR count). The van der Waals surface area contributed by atoms with Crippen molar-refractivity contribution in [3.63, 3.8) is 0 Å². The van der Waals surface area contributed by atoms with Gasteiger partial charge in [-0.1, -0.05) is 66.2 Å². The molecule has 0 aliphatic heterocycles. The van der Waals surface area contributed by atoms with Crippen molar-refractivity contribution in [2.24, 2.45) is 0 Å². The van der Waals surface area contributed by atoms with E-state index in [0.717, 1.165) is 12.0 Å². The number of aliphatic hydroxyl groups is 1. The van der Waals surface area contributed by atoms with Crippen LogP contribution in [0, 0.1) is 0 Å². The predicted octanol–water partition coefficient (Wildman–Crippen LogP) is 5.96. The van der Waals surface area contributed by atoms with Crippen molar-refractivity contribution >= 4 is 34.8 Å². The second-order valence-corrected chi connectivity index (χ2v) is 8.74. The minimum Gasteiger partial charge on any atom is -0.389 e. The van der Waals surface area contributed by atoms with Gasteiger partial charge in [-0.2, -0.15) is 0 Å². The summed E-state index contributed by atoms with van der Waals surface area (Å²) >= 11 is 6.04. The zero-order valence-electron chi connectivity index (χ0n) is 17.8. The molecule has 0 spiro atoms. The summed E-state index contributed by atoms with van der Waals surface area (Å²) in [6, 6.07) is 22.6. The molecule has 0 saturated carbocycles. The van der Waals surface area contributed by atoms with Crippen molar-refractivity contribution in [3.8, 4) is 0 Å². The standard InChI is InChI=1S/C25H30ClNO2.ClH/c1-18(21-9-6-10-23(26)14-21)29-17-24(28)16-27-25(2,3)15-19-11-12-20-7-4-5-8-22(20)13-19;/h4-14,18,24,27-28H,15-17H2,1-3H3;1H/t18?,24-;/m1./s1. The molecule has 2 atom stereocenters. The second kappa shape index (κ2) is 11.1. The van der Waals surface area contributed by atoms with Gasteiger partial charge in [-0.05, 0) is 61.2 Å². The van der Waals surface area contributed by atoms with Gasteiger partial charge in [0.05, 0.1) is 18.8 Å². The Morgan fingerprint density at radius 2 is 1.73 bits per heavy atom. The lowest BCUT2D eigenvalue weighted by atomic mass is 9.93. The molecule has 0 amide bonds. The van der Waals surface area contributed by atoms with Gasteiger partial charge in [0, 0.05) is 17.1 Å². The zero-order chi connectivity index (χ0) is 20.9. The van der Waals surface area contributed by atoms with Crippen molar-refractivity contribution in [3.05, 3.63) is 82.9 Å². The first-order valence-corrected chi connectivity index (χ1v) is 10.5. The third-order valence-corrected chi connectivity index (χ3v) is 5.37. The van der Waals surface area contributed by atoms with Gasteiger partial charge in [-0.3, -0.25) is 0 Å². The third-order valence-electron chi connectivity index (χ3n) is 5.13. The zero-order valence-corrected chi connectivity index (χ0v) is 19.3. The molecule has 3 aromatic rings. The average Bonchev–Trinajstić information content (AvgIpc) is 2.70. The third kappa shape index (κ3) is 7.26. The highest BCUT2D eigenvalue weighted by Gasteiger charge is 2.20. The molecule has 0 radical (unpaired) electrons. The maximum atomic E-state index is 10.4. The van der Waals surface area contributed by atoms with E-state index in [1.807, 2.05) is 31.2 Å². The number of hydrogen-bond donors (Lipinski definition) is 2. The number of ether oxygens (including phenoxy) is 1. The molecular weight excluding hydrogens is 417 g/mol. The summed E-state index contributed by atoms with van der Waals surface area (Å²) in [5.74, 6) is 0. The molecule has 0 saturated heterocycles. The van der Waals surface area contributed by atoms with Crippen LogP contribution in [0.15, 0.2) is 66.7 Å². The summed E-state index contributed by atoms with van der Waals surface area (Å²) < 4.78 is 5.83. The van der Waals surface area contributed by atoms with Gasteiger partial charge in [0.15, 0.2) is 0 Å². The average molecular weight is 448 g/mol. The molecule has 0 heterocycles. The first kappa shape index (κ1) is 24.6. The SMILES string of the molecule is CC(OC[C@H](O)CNC(C)(C)Cc1ccc2ccccc2c1)c1cccc(Cl)c1.Cl. The van der Waals surface area contributed by atoms with Crippen molar-refractivity contribution in [2.75, 3.05) is 13.2 Å². The monoisotopic (exact) mass is 447 g/mol. The molecule has 5 heteroatoms. The molecular formula is C25H31Cl2NO2. The molecule has 0 aromatic heterocycles. The van der Waals surface area contributed by atoms with E-state index in [1.54, 1.807) is 0 Å². The molecule has 162 valence electrons. The first-order valence-electron chi connectivity index (χ1n) is 10.1. The van der Waals surface area contributed by atoms with Gasteiger partial charge >= 0.3 is 0 Å². The summed E-state index contributed by atoms with van der Waals surface area (Å²) in [6.45, 7) is 7.03. The van der Waals surface area contributed by atoms with E-state index in [9.17, 15) is 5.11 Å². The van der Waals surface area contributed by atoms with Crippen LogP contribution in [0.5, 0.6) is 0 Å². The molecule has 0 bridgehead atoms. The molecule has 0 fully saturated rings. The Morgan fingerprint density at radius 1 is 1.00 bits per heavy atom. The Bertz CT molecular complexity index is 945. The molecule has 30 heavy (non-hydrogen) atoms. The number of nitrogens with one attached hydrogen (secondary N) is 1. The van der Waals surface area contributed by atoms with E-state index in [1.165, 1.54) is 16.3 Å². The normalized spacial score (nSPS) is 13.6. The number of β-amino-alcohol motifs (C(OH)–C–C–N with tert-alkyl or cyclic N) is 1. The molecule has 1 unspecified atom stereocenters. The van der Waals surface area contributed by atoms with Gasteiger partial charge in [-0.25, -0.2) is 0 Å². The van der Waals surface area contributed by atoms with Crippen LogP contribution in [0.1, 0.15) is 38.0 Å². The lowest BCUT2D eigenvalue weighted by Crippen LogP contribution is -2.46. The summed E-state index contributed by atoms with van der Waals surface area (Å²) in [6.07, 6.45) is 0.186. The fraction of sp³-hybridized carbons (Fsp3) is 0.360. The highest BCUT2D eigenvalue weighted by atomic mass is 35.5. The Hall–Kier alpha value is -1.62. The fourth-order valence-electron chi connectivity index (χ4n) is 3.49. The fourth-order valence-corrected chi connectivity index (χ4v) is 3.68. The Morgan fingerprint density at radius 3 is 2.47 bits per heavy atom. The van der Waals surface area contributed by atoms with E-state index in [4.69, 9.17) is 16.3 Å². The maximum Gasteiger partial charge on any atom is 0.0898 e. The molecule has 0 aliphatic carbocycles. The van der Waals surface area contributed by atoms with Crippen LogP contribution in [-0.4, -0.2) is 29.9 Å². The molecule has 3 nitrogen and oxygen atoms in total. The van der Waals surface area contributed by atoms with Crippen LogP contribution in [0.2, 0.25) is 5.02 Å². The number of fused-ring (bicyclic) bond motifs is 1. The molecule has 0 aliphatic rings. The quantitative estimate of drug-likeness (QED) is 0.424. The van der Waals surface area contributed by atoms with E-state index in [0.29, 0.717) is 11.6 Å². The van der Waals surface area contributed by atoms with E-state index in [2.05, 4.69) is 61.6 Å². The number of rotatable bonds is 9. The number of hydrogen-bond acceptors (Lipinski definition) is 3.